The van der Waals surface area contributed by atoms with Gasteiger partial charge in [-0.05, 0) is 5.56 Å². The molecule has 2 heteroatoms. The Bertz CT molecular complexity index is 275. The molecule has 0 saturated heterocycles. The van der Waals surface area contributed by atoms with Crippen molar-refractivity contribution in [3.8, 4) is 0 Å². The molecule has 0 bridgehead atoms. The molecule has 1 rings (SSSR count). The first-order chi connectivity index (χ1) is 5.22. The first-order valence-corrected chi connectivity index (χ1v) is 3.30. The highest BCUT2D eigenvalue weighted by atomic mass is 14.7. The van der Waals surface area contributed by atoms with Crippen LogP contribution in [0.2, 0.25) is 0 Å². The van der Waals surface area contributed by atoms with Crippen molar-refractivity contribution in [2.24, 2.45) is 5.73 Å². The quantitative estimate of drug-likeness (QED) is 0.483. The van der Waals surface area contributed by atoms with Gasteiger partial charge in [0, 0.05) is 5.57 Å². The van der Waals surface area contributed by atoms with Crippen LogP contribution >= 0.6 is 0 Å². The third-order valence-corrected chi connectivity index (χ3v) is 1.45. The second-order valence-electron chi connectivity index (χ2n) is 2.26. The van der Waals surface area contributed by atoms with Gasteiger partial charge in [-0.3, -0.25) is 5.41 Å². The summed E-state index contributed by atoms with van der Waals surface area (Å²) in [4.78, 5) is 0. The molecule has 0 atom stereocenters. The van der Waals surface area contributed by atoms with Gasteiger partial charge in [-0.25, -0.2) is 0 Å². The average molecular weight is 146 g/mol. The van der Waals surface area contributed by atoms with Crippen LogP contribution < -0.4 is 5.73 Å². The lowest BCUT2D eigenvalue weighted by Crippen LogP contribution is -2.10. The lowest BCUT2D eigenvalue weighted by atomic mass is 10.1. The Morgan fingerprint density at radius 3 is 2.27 bits per heavy atom. The average Bonchev–Trinajstić information content (AvgIpc) is 2.05. The minimum absolute atomic E-state index is 0.0243. The monoisotopic (exact) mass is 146 g/mol. The van der Waals surface area contributed by atoms with E-state index in [-0.39, 0.29) is 5.84 Å². The van der Waals surface area contributed by atoms with E-state index >= 15 is 0 Å². The van der Waals surface area contributed by atoms with Crippen molar-refractivity contribution in [3.63, 3.8) is 0 Å². The SMILES string of the molecule is C=C(C(=N)N)c1ccccc1. The molecule has 11 heavy (non-hydrogen) atoms. The fourth-order valence-electron chi connectivity index (χ4n) is 0.795. The summed E-state index contributed by atoms with van der Waals surface area (Å²) in [5, 5.41) is 7.12. The van der Waals surface area contributed by atoms with Crippen molar-refractivity contribution in [3.05, 3.63) is 42.5 Å². The molecule has 0 aliphatic carbocycles. The molecule has 0 unspecified atom stereocenters. The molecule has 1 aromatic rings. The molecular formula is C9H10N2. The topological polar surface area (TPSA) is 49.9 Å². The van der Waals surface area contributed by atoms with Crippen LogP contribution in [-0.2, 0) is 0 Å². The van der Waals surface area contributed by atoms with Crippen LogP contribution in [0.5, 0.6) is 0 Å². The summed E-state index contributed by atoms with van der Waals surface area (Å²) in [5.74, 6) is 0.0243. The van der Waals surface area contributed by atoms with E-state index in [1.807, 2.05) is 30.3 Å². The second-order valence-corrected chi connectivity index (χ2v) is 2.26. The zero-order valence-corrected chi connectivity index (χ0v) is 6.17. The molecule has 0 aromatic heterocycles. The van der Waals surface area contributed by atoms with E-state index in [1.54, 1.807) is 0 Å². The van der Waals surface area contributed by atoms with Crippen LogP contribution in [0.4, 0.5) is 0 Å². The van der Waals surface area contributed by atoms with Gasteiger partial charge >= 0.3 is 0 Å². The fourth-order valence-corrected chi connectivity index (χ4v) is 0.795. The van der Waals surface area contributed by atoms with Crippen molar-refractivity contribution in [2.75, 3.05) is 0 Å². The van der Waals surface area contributed by atoms with Crippen LogP contribution in [0.25, 0.3) is 5.57 Å². The molecule has 0 saturated carbocycles. The van der Waals surface area contributed by atoms with Gasteiger partial charge in [0.15, 0.2) is 0 Å². The highest BCUT2D eigenvalue weighted by Crippen LogP contribution is 2.09. The normalized spacial score (nSPS) is 9.09. The molecular weight excluding hydrogens is 136 g/mol. The van der Waals surface area contributed by atoms with Gasteiger partial charge in [0.25, 0.3) is 0 Å². The predicted octanol–water partition coefficient (Wildman–Crippen LogP) is 1.64. The molecule has 1 aromatic carbocycles. The van der Waals surface area contributed by atoms with E-state index in [9.17, 15) is 0 Å². The first-order valence-electron chi connectivity index (χ1n) is 3.30. The van der Waals surface area contributed by atoms with Crippen molar-refractivity contribution in [1.82, 2.24) is 0 Å². The van der Waals surface area contributed by atoms with Gasteiger partial charge in [-0.15, -0.1) is 0 Å². The van der Waals surface area contributed by atoms with Crippen molar-refractivity contribution >= 4 is 11.4 Å². The van der Waals surface area contributed by atoms with E-state index in [0.717, 1.165) is 5.56 Å². The molecule has 0 fully saturated rings. The minimum Gasteiger partial charge on any atom is -0.384 e. The van der Waals surface area contributed by atoms with Crippen LogP contribution in [-0.4, -0.2) is 5.84 Å². The summed E-state index contributed by atoms with van der Waals surface area (Å²) >= 11 is 0. The summed E-state index contributed by atoms with van der Waals surface area (Å²) < 4.78 is 0. The molecule has 2 nitrogen and oxygen atoms in total. The molecule has 0 aliphatic heterocycles. The maximum atomic E-state index is 7.12. The van der Waals surface area contributed by atoms with E-state index in [1.165, 1.54) is 0 Å². The zero-order chi connectivity index (χ0) is 8.27. The Balaban J connectivity index is 2.95. The molecule has 0 spiro atoms. The second kappa shape index (κ2) is 3.01. The van der Waals surface area contributed by atoms with Crippen molar-refractivity contribution in [2.45, 2.75) is 0 Å². The van der Waals surface area contributed by atoms with Gasteiger partial charge in [0.2, 0.25) is 0 Å². The lowest BCUT2D eigenvalue weighted by molar-refractivity contribution is 1.46. The van der Waals surface area contributed by atoms with Crippen LogP contribution in [0, 0.1) is 5.41 Å². The number of benzene rings is 1. The summed E-state index contributed by atoms with van der Waals surface area (Å²) in [7, 11) is 0. The standard InChI is InChI=1S/C9H10N2/c1-7(9(10)11)8-5-3-2-4-6-8/h2-6H,1H2,(H3,10,11). The van der Waals surface area contributed by atoms with Gasteiger partial charge in [0.1, 0.15) is 5.84 Å². The molecule has 0 amide bonds. The Morgan fingerprint density at radius 2 is 1.82 bits per heavy atom. The van der Waals surface area contributed by atoms with E-state index in [4.69, 9.17) is 11.1 Å². The number of amidine groups is 1. The van der Waals surface area contributed by atoms with Gasteiger partial charge < -0.3 is 5.73 Å². The first kappa shape index (κ1) is 7.54. The fraction of sp³-hybridized carbons (Fsp3) is 0. The van der Waals surface area contributed by atoms with E-state index in [0.29, 0.717) is 5.57 Å². The van der Waals surface area contributed by atoms with Gasteiger partial charge in [-0.1, -0.05) is 36.9 Å². The number of rotatable bonds is 2. The zero-order valence-electron chi connectivity index (χ0n) is 6.17. The third kappa shape index (κ3) is 1.67. The molecule has 0 heterocycles. The summed E-state index contributed by atoms with van der Waals surface area (Å²) in [6.45, 7) is 3.67. The maximum absolute atomic E-state index is 7.12. The third-order valence-electron chi connectivity index (χ3n) is 1.45. The van der Waals surface area contributed by atoms with Crippen LogP contribution in [0.15, 0.2) is 36.9 Å². The van der Waals surface area contributed by atoms with Crippen LogP contribution in [0.3, 0.4) is 0 Å². The smallest absolute Gasteiger partial charge is 0.122 e. The van der Waals surface area contributed by atoms with Gasteiger partial charge in [0.05, 0.1) is 0 Å². The number of nitrogens with one attached hydrogen (secondary N) is 1. The Hall–Kier alpha value is -1.57. The van der Waals surface area contributed by atoms with E-state index in [2.05, 4.69) is 6.58 Å². The largest absolute Gasteiger partial charge is 0.384 e. The summed E-state index contributed by atoms with van der Waals surface area (Å²) in [6.07, 6.45) is 0. The predicted molar refractivity (Wildman–Crippen MR) is 47.4 cm³/mol. The maximum Gasteiger partial charge on any atom is 0.122 e. The highest BCUT2D eigenvalue weighted by molar-refractivity contribution is 6.19. The lowest BCUT2D eigenvalue weighted by Gasteiger charge is -2.01. The van der Waals surface area contributed by atoms with Crippen molar-refractivity contribution < 1.29 is 0 Å². The summed E-state index contributed by atoms with van der Waals surface area (Å²) in [5.41, 5.74) is 6.73. The van der Waals surface area contributed by atoms with Crippen molar-refractivity contribution in [1.29, 1.82) is 5.41 Å². The minimum atomic E-state index is 0.0243. The number of hydrogen-bond acceptors (Lipinski definition) is 1. The Morgan fingerprint density at radius 1 is 1.27 bits per heavy atom. The number of nitrogens with two attached hydrogens (primary N) is 1. The molecule has 56 valence electrons. The van der Waals surface area contributed by atoms with E-state index < -0.39 is 0 Å². The molecule has 3 N–H and O–H groups in total. The summed E-state index contributed by atoms with van der Waals surface area (Å²) in [6, 6.07) is 9.46. The van der Waals surface area contributed by atoms with Crippen LogP contribution in [0.1, 0.15) is 5.56 Å². The van der Waals surface area contributed by atoms with Gasteiger partial charge in [-0.2, -0.15) is 0 Å². The molecule has 0 aliphatic rings. The molecule has 0 radical (unpaired) electrons. The Kier molecular flexibility index (Phi) is 2.06. The number of hydrogen-bond donors (Lipinski definition) is 2. The highest BCUT2D eigenvalue weighted by Gasteiger charge is 1.98. The Labute approximate surface area is 65.9 Å².